The van der Waals surface area contributed by atoms with E-state index in [0.717, 1.165) is 31.0 Å². The van der Waals surface area contributed by atoms with Gasteiger partial charge >= 0.3 is 0 Å². The second kappa shape index (κ2) is 9.82. The highest BCUT2D eigenvalue weighted by molar-refractivity contribution is 5.34. The summed E-state index contributed by atoms with van der Waals surface area (Å²) in [4.78, 5) is 4.21. The number of methoxy groups -OCH3 is 1. The van der Waals surface area contributed by atoms with E-state index < -0.39 is 0 Å². The Hall–Kier alpha value is -1.17. The summed E-state index contributed by atoms with van der Waals surface area (Å²) in [6.45, 7) is 3.24. The molecule has 0 amide bonds. The van der Waals surface area contributed by atoms with Crippen LogP contribution in [0.5, 0.6) is 0 Å². The molecule has 1 aromatic rings. The van der Waals surface area contributed by atoms with Gasteiger partial charge in [0.15, 0.2) is 0 Å². The van der Waals surface area contributed by atoms with Crippen molar-refractivity contribution in [3.05, 3.63) is 23.9 Å². The molecule has 0 aliphatic heterocycles. The highest BCUT2D eigenvalue weighted by Crippen LogP contribution is 2.05. The van der Waals surface area contributed by atoms with Crippen LogP contribution in [-0.2, 0) is 20.8 Å². The van der Waals surface area contributed by atoms with Crippen LogP contribution in [0.1, 0.15) is 12.0 Å². The van der Waals surface area contributed by atoms with Gasteiger partial charge in [-0.3, -0.25) is 0 Å². The van der Waals surface area contributed by atoms with Gasteiger partial charge in [-0.05, 0) is 18.1 Å². The molecule has 0 fully saturated rings. The first-order valence-corrected chi connectivity index (χ1v) is 6.14. The Morgan fingerprint density at radius 3 is 2.61 bits per heavy atom. The van der Waals surface area contributed by atoms with Gasteiger partial charge in [0.25, 0.3) is 0 Å². The Balaban J connectivity index is 2.00. The molecule has 0 unspecified atom stereocenters. The normalized spacial score (nSPS) is 10.6. The van der Waals surface area contributed by atoms with Crippen LogP contribution < -0.4 is 5.32 Å². The molecular formula is C13H22N2O3. The van der Waals surface area contributed by atoms with Crippen molar-refractivity contribution in [3.63, 3.8) is 0 Å². The molecule has 0 aliphatic rings. The van der Waals surface area contributed by atoms with Crippen molar-refractivity contribution >= 4 is 5.82 Å². The van der Waals surface area contributed by atoms with Gasteiger partial charge in [0.1, 0.15) is 5.82 Å². The third-order valence-electron chi connectivity index (χ3n) is 2.36. The Bertz CT molecular complexity index is 304. The molecule has 0 saturated carbocycles. The number of hydrogen-bond donors (Lipinski definition) is 1. The molecule has 0 aromatic carbocycles. The molecule has 102 valence electrons. The van der Waals surface area contributed by atoms with Gasteiger partial charge in [-0.1, -0.05) is 6.07 Å². The molecular weight excluding hydrogens is 232 g/mol. The molecule has 0 atom stereocenters. The second-order valence-corrected chi connectivity index (χ2v) is 3.81. The van der Waals surface area contributed by atoms with Crippen molar-refractivity contribution in [2.24, 2.45) is 0 Å². The summed E-state index contributed by atoms with van der Waals surface area (Å²) < 4.78 is 15.8. The van der Waals surface area contributed by atoms with Crippen molar-refractivity contribution < 1.29 is 14.2 Å². The molecule has 18 heavy (non-hydrogen) atoms. The van der Waals surface area contributed by atoms with E-state index in [9.17, 15) is 0 Å². The predicted molar refractivity (Wildman–Crippen MR) is 70.8 cm³/mol. The summed E-state index contributed by atoms with van der Waals surface area (Å²) >= 11 is 0. The first kappa shape index (κ1) is 14.9. The lowest BCUT2D eigenvalue weighted by Crippen LogP contribution is -2.06. The maximum atomic E-state index is 5.48. The molecule has 1 rings (SSSR count). The van der Waals surface area contributed by atoms with Gasteiger partial charge in [0.05, 0.1) is 19.8 Å². The van der Waals surface area contributed by atoms with E-state index in [4.69, 9.17) is 14.2 Å². The number of pyridine rings is 1. The van der Waals surface area contributed by atoms with Crippen molar-refractivity contribution in [3.8, 4) is 0 Å². The van der Waals surface area contributed by atoms with Crippen LogP contribution in [0.25, 0.3) is 0 Å². The highest BCUT2D eigenvalue weighted by Gasteiger charge is 1.95. The topological polar surface area (TPSA) is 52.6 Å². The van der Waals surface area contributed by atoms with Crippen LogP contribution in [0.15, 0.2) is 18.3 Å². The maximum absolute atomic E-state index is 5.48. The minimum Gasteiger partial charge on any atom is -0.385 e. The third-order valence-corrected chi connectivity index (χ3v) is 2.36. The fraction of sp³-hybridized carbons (Fsp3) is 0.615. The number of ether oxygens (including phenoxy) is 3. The lowest BCUT2D eigenvalue weighted by Gasteiger charge is -2.06. The largest absolute Gasteiger partial charge is 0.385 e. The van der Waals surface area contributed by atoms with E-state index in [0.29, 0.717) is 19.8 Å². The number of aromatic nitrogens is 1. The minimum atomic E-state index is 0.568. The van der Waals surface area contributed by atoms with E-state index in [2.05, 4.69) is 10.3 Å². The number of hydrogen-bond acceptors (Lipinski definition) is 5. The Morgan fingerprint density at radius 1 is 1.11 bits per heavy atom. The van der Waals surface area contributed by atoms with Crippen molar-refractivity contribution in [1.82, 2.24) is 4.98 Å². The fourth-order valence-corrected chi connectivity index (χ4v) is 1.37. The molecule has 5 heteroatoms. The van der Waals surface area contributed by atoms with Crippen LogP contribution in [0.4, 0.5) is 5.82 Å². The van der Waals surface area contributed by atoms with E-state index in [1.54, 1.807) is 7.11 Å². The minimum absolute atomic E-state index is 0.568. The Kier molecular flexibility index (Phi) is 8.12. The molecule has 0 aliphatic carbocycles. The van der Waals surface area contributed by atoms with Gasteiger partial charge in [-0.15, -0.1) is 0 Å². The molecule has 1 heterocycles. The number of anilines is 1. The van der Waals surface area contributed by atoms with Gasteiger partial charge in [-0.2, -0.15) is 0 Å². The third kappa shape index (κ3) is 6.54. The van der Waals surface area contributed by atoms with Crippen LogP contribution >= 0.6 is 0 Å². The lowest BCUT2D eigenvalue weighted by atomic mass is 10.3. The quantitative estimate of drug-likeness (QED) is 0.644. The zero-order valence-electron chi connectivity index (χ0n) is 11.1. The Morgan fingerprint density at radius 2 is 1.94 bits per heavy atom. The monoisotopic (exact) mass is 254 g/mol. The number of rotatable bonds is 10. The summed E-state index contributed by atoms with van der Waals surface area (Å²) in [5.74, 6) is 0.861. The van der Waals surface area contributed by atoms with Crippen LogP contribution in [-0.4, -0.2) is 45.6 Å². The maximum Gasteiger partial charge on any atom is 0.125 e. The molecule has 5 nitrogen and oxygen atoms in total. The average molecular weight is 254 g/mol. The molecule has 1 aromatic heterocycles. The van der Waals surface area contributed by atoms with Crippen LogP contribution in [0, 0.1) is 0 Å². The standard InChI is InChI=1S/C13H22N2O3/c1-14-13-5-4-12(10-15-13)11-18-9-8-17-7-3-6-16-2/h4-5,10H,3,6-9,11H2,1-2H3,(H,14,15). The van der Waals surface area contributed by atoms with Gasteiger partial charge < -0.3 is 19.5 Å². The molecule has 0 radical (unpaired) electrons. The van der Waals surface area contributed by atoms with Gasteiger partial charge in [0.2, 0.25) is 0 Å². The van der Waals surface area contributed by atoms with E-state index in [1.807, 2.05) is 25.4 Å². The first-order valence-electron chi connectivity index (χ1n) is 6.14. The molecule has 1 N–H and O–H groups in total. The SMILES string of the molecule is CNc1ccc(COCCOCCCOC)cn1. The summed E-state index contributed by atoms with van der Waals surface area (Å²) in [5.41, 5.74) is 1.06. The van der Waals surface area contributed by atoms with Crippen LogP contribution in [0.3, 0.4) is 0 Å². The lowest BCUT2D eigenvalue weighted by molar-refractivity contribution is 0.0336. The number of nitrogens with one attached hydrogen (secondary N) is 1. The molecule has 0 bridgehead atoms. The zero-order chi connectivity index (χ0) is 13.1. The second-order valence-electron chi connectivity index (χ2n) is 3.81. The molecule has 0 spiro atoms. The summed E-state index contributed by atoms with van der Waals surface area (Å²) in [7, 11) is 3.54. The smallest absolute Gasteiger partial charge is 0.125 e. The molecule has 0 saturated heterocycles. The first-order chi connectivity index (χ1) is 8.86. The highest BCUT2D eigenvalue weighted by atomic mass is 16.5. The van der Waals surface area contributed by atoms with Crippen molar-refractivity contribution in [2.45, 2.75) is 13.0 Å². The van der Waals surface area contributed by atoms with Crippen LogP contribution in [0.2, 0.25) is 0 Å². The zero-order valence-corrected chi connectivity index (χ0v) is 11.1. The number of nitrogens with zero attached hydrogens (tertiary/aromatic N) is 1. The van der Waals surface area contributed by atoms with Crippen molar-refractivity contribution in [1.29, 1.82) is 0 Å². The predicted octanol–water partition coefficient (Wildman–Crippen LogP) is 1.69. The van der Waals surface area contributed by atoms with Gasteiger partial charge in [0, 0.05) is 33.6 Å². The van der Waals surface area contributed by atoms with Gasteiger partial charge in [-0.25, -0.2) is 4.98 Å². The summed E-state index contributed by atoms with van der Waals surface area (Å²) in [5, 5.41) is 2.97. The Labute approximate surface area is 108 Å². The fourth-order valence-electron chi connectivity index (χ4n) is 1.37. The summed E-state index contributed by atoms with van der Waals surface area (Å²) in [6, 6.07) is 3.93. The van der Waals surface area contributed by atoms with E-state index in [1.165, 1.54) is 0 Å². The van der Waals surface area contributed by atoms with Crippen molar-refractivity contribution in [2.75, 3.05) is 45.9 Å². The van der Waals surface area contributed by atoms with E-state index >= 15 is 0 Å². The average Bonchev–Trinajstić information content (AvgIpc) is 2.42. The van der Waals surface area contributed by atoms with E-state index in [-0.39, 0.29) is 0 Å². The summed E-state index contributed by atoms with van der Waals surface area (Å²) in [6.07, 6.45) is 2.73.